The van der Waals surface area contributed by atoms with Gasteiger partial charge in [-0.2, -0.15) is 0 Å². The zero-order valence-corrected chi connectivity index (χ0v) is 16.5. The lowest BCUT2D eigenvalue weighted by molar-refractivity contribution is -0.384. The average molecular weight is 388 g/mol. The molecule has 0 fully saturated rings. The van der Waals surface area contributed by atoms with Crippen molar-refractivity contribution in [3.8, 4) is 11.3 Å². The molecule has 0 aliphatic rings. The molecule has 1 aromatic carbocycles. The fraction of sp³-hybridized carbons (Fsp3) is 0.400. The zero-order valence-electron chi connectivity index (χ0n) is 16.5. The smallest absolute Gasteiger partial charge is 0.375 e. The molecule has 0 saturated heterocycles. The summed E-state index contributed by atoms with van der Waals surface area (Å²) in [6.45, 7) is 9.12. The van der Waals surface area contributed by atoms with E-state index in [9.17, 15) is 19.7 Å². The second-order valence-corrected chi connectivity index (χ2v) is 6.95. The van der Waals surface area contributed by atoms with Gasteiger partial charge in [0.1, 0.15) is 5.76 Å². The molecule has 150 valence electrons. The van der Waals surface area contributed by atoms with Crippen molar-refractivity contribution in [2.24, 2.45) is 0 Å². The van der Waals surface area contributed by atoms with Gasteiger partial charge in [0, 0.05) is 29.8 Å². The Kier molecular flexibility index (Phi) is 6.56. The molecule has 1 heterocycles. The summed E-state index contributed by atoms with van der Waals surface area (Å²) < 4.78 is 10.8. The number of non-ortho nitro benzene ring substituents is 1. The van der Waals surface area contributed by atoms with E-state index in [1.54, 1.807) is 11.0 Å². The number of furan rings is 1. The third-order valence-corrected chi connectivity index (χ3v) is 4.17. The fourth-order valence-electron chi connectivity index (χ4n) is 2.93. The lowest BCUT2D eigenvalue weighted by atomic mass is 10.1. The van der Waals surface area contributed by atoms with Crippen LogP contribution in [0.15, 0.2) is 40.8 Å². The Hall–Kier alpha value is -3.16. The van der Waals surface area contributed by atoms with Crippen LogP contribution in [0.2, 0.25) is 0 Å². The first-order valence-corrected chi connectivity index (χ1v) is 8.99. The number of nitro groups is 1. The first-order valence-electron chi connectivity index (χ1n) is 8.99. The molecule has 0 spiro atoms. The van der Waals surface area contributed by atoms with Crippen LogP contribution < -0.4 is 0 Å². The highest BCUT2D eigenvalue weighted by atomic mass is 16.6. The van der Waals surface area contributed by atoms with Gasteiger partial charge in [0.05, 0.1) is 4.92 Å². The zero-order chi connectivity index (χ0) is 21.0. The van der Waals surface area contributed by atoms with E-state index in [1.165, 1.54) is 37.3 Å². The molecule has 0 bridgehead atoms. The number of hydrogen-bond donors (Lipinski definition) is 0. The van der Waals surface area contributed by atoms with E-state index in [4.69, 9.17) is 9.15 Å². The molecule has 0 saturated carbocycles. The van der Waals surface area contributed by atoms with Crippen LogP contribution in [0.1, 0.15) is 45.2 Å². The Labute approximate surface area is 163 Å². The van der Waals surface area contributed by atoms with Crippen molar-refractivity contribution in [2.75, 3.05) is 0 Å². The molecule has 1 aromatic heterocycles. The quantitative estimate of drug-likeness (QED) is 0.403. The Morgan fingerprint density at radius 2 is 1.57 bits per heavy atom. The van der Waals surface area contributed by atoms with E-state index < -0.39 is 17.0 Å². The number of hydrogen-bond acceptors (Lipinski definition) is 6. The van der Waals surface area contributed by atoms with Crippen molar-refractivity contribution in [3.63, 3.8) is 0 Å². The number of carbonyl (C=O) groups excluding carboxylic acids is 2. The van der Waals surface area contributed by atoms with Gasteiger partial charge in [-0.25, -0.2) is 4.79 Å². The first-order chi connectivity index (χ1) is 13.1. The number of benzene rings is 1. The van der Waals surface area contributed by atoms with Crippen molar-refractivity contribution >= 4 is 17.6 Å². The summed E-state index contributed by atoms with van der Waals surface area (Å²) in [5.74, 6) is -0.706. The highest BCUT2D eigenvalue weighted by Gasteiger charge is 2.28. The minimum Gasteiger partial charge on any atom is -0.449 e. The van der Waals surface area contributed by atoms with E-state index in [0.717, 1.165) is 0 Å². The van der Waals surface area contributed by atoms with Gasteiger partial charge in [0.15, 0.2) is 6.10 Å². The number of esters is 1. The fourth-order valence-corrected chi connectivity index (χ4v) is 2.93. The lowest BCUT2D eigenvalue weighted by Crippen LogP contribution is -2.47. The molecule has 0 radical (unpaired) electrons. The monoisotopic (exact) mass is 388 g/mol. The summed E-state index contributed by atoms with van der Waals surface area (Å²) in [6.07, 6.45) is -0.953. The summed E-state index contributed by atoms with van der Waals surface area (Å²) >= 11 is 0. The van der Waals surface area contributed by atoms with Crippen LogP contribution in [0, 0.1) is 10.1 Å². The van der Waals surface area contributed by atoms with Gasteiger partial charge in [0.25, 0.3) is 11.6 Å². The molecular formula is C20H24N2O6. The standard InChI is InChI=1S/C20H24N2O6/c1-12(2)21(13(3)4)19(23)14(5)27-20(24)18-11-10-17(28-18)15-6-8-16(9-7-15)22(25)26/h6-14H,1-5H3/t14-/m0/s1. The van der Waals surface area contributed by atoms with Crippen molar-refractivity contribution in [1.82, 2.24) is 4.90 Å². The highest BCUT2D eigenvalue weighted by Crippen LogP contribution is 2.25. The molecule has 2 rings (SSSR count). The average Bonchev–Trinajstić information content (AvgIpc) is 3.11. The maximum absolute atomic E-state index is 12.6. The molecule has 1 amide bonds. The van der Waals surface area contributed by atoms with E-state index in [0.29, 0.717) is 11.3 Å². The third kappa shape index (κ3) is 4.76. The number of nitro benzene ring substituents is 1. The van der Waals surface area contributed by atoms with Crippen LogP contribution in [-0.2, 0) is 9.53 Å². The van der Waals surface area contributed by atoms with Crippen LogP contribution >= 0.6 is 0 Å². The Bertz CT molecular complexity index is 846. The minimum absolute atomic E-state index is 0.0222. The van der Waals surface area contributed by atoms with Crippen molar-refractivity contribution in [2.45, 2.75) is 52.8 Å². The number of carbonyl (C=O) groups is 2. The molecule has 0 N–H and O–H groups in total. The van der Waals surface area contributed by atoms with Crippen LogP contribution in [0.5, 0.6) is 0 Å². The van der Waals surface area contributed by atoms with Crippen LogP contribution in [-0.4, -0.2) is 39.9 Å². The van der Waals surface area contributed by atoms with Gasteiger partial charge in [-0.1, -0.05) is 0 Å². The van der Waals surface area contributed by atoms with Gasteiger partial charge < -0.3 is 14.1 Å². The SMILES string of the molecule is CC(C)N(C(=O)[C@H](C)OC(=O)c1ccc(-c2ccc([N+](=O)[O-])cc2)o1)C(C)C. The van der Waals surface area contributed by atoms with Crippen molar-refractivity contribution in [3.05, 3.63) is 52.3 Å². The molecule has 28 heavy (non-hydrogen) atoms. The van der Waals surface area contributed by atoms with Gasteiger partial charge in [-0.05, 0) is 58.9 Å². The second-order valence-electron chi connectivity index (χ2n) is 6.95. The predicted molar refractivity (Wildman–Crippen MR) is 103 cm³/mol. The lowest BCUT2D eigenvalue weighted by Gasteiger charge is -2.32. The van der Waals surface area contributed by atoms with Crippen LogP contribution in [0.25, 0.3) is 11.3 Å². The Balaban J connectivity index is 2.09. The van der Waals surface area contributed by atoms with Gasteiger partial charge in [0.2, 0.25) is 5.76 Å². The minimum atomic E-state index is -0.953. The molecule has 8 heteroatoms. The molecule has 0 unspecified atom stereocenters. The molecule has 2 aromatic rings. The topological polar surface area (TPSA) is 103 Å². The summed E-state index contributed by atoms with van der Waals surface area (Å²) in [4.78, 5) is 36.8. The predicted octanol–water partition coefficient (Wildman–Crippen LogP) is 4.05. The number of ether oxygens (including phenoxy) is 1. The van der Waals surface area contributed by atoms with Gasteiger partial charge >= 0.3 is 5.97 Å². The van der Waals surface area contributed by atoms with Crippen LogP contribution in [0.3, 0.4) is 0 Å². The summed E-state index contributed by atoms with van der Waals surface area (Å²) in [5, 5.41) is 10.7. The second kappa shape index (κ2) is 8.69. The van der Waals surface area contributed by atoms with E-state index in [2.05, 4.69) is 0 Å². The van der Waals surface area contributed by atoms with Crippen molar-refractivity contribution in [1.29, 1.82) is 0 Å². The maximum Gasteiger partial charge on any atom is 0.375 e. The highest BCUT2D eigenvalue weighted by molar-refractivity contribution is 5.90. The Morgan fingerprint density at radius 1 is 1.00 bits per heavy atom. The third-order valence-electron chi connectivity index (χ3n) is 4.17. The van der Waals surface area contributed by atoms with Crippen LogP contribution in [0.4, 0.5) is 5.69 Å². The summed E-state index contributed by atoms with van der Waals surface area (Å²) in [6, 6.07) is 8.73. The van der Waals surface area contributed by atoms with Crippen molar-refractivity contribution < 1.29 is 23.7 Å². The van der Waals surface area contributed by atoms with Gasteiger partial charge in [-0.15, -0.1) is 0 Å². The maximum atomic E-state index is 12.6. The molecular weight excluding hydrogens is 364 g/mol. The molecule has 1 atom stereocenters. The van der Waals surface area contributed by atoms with E-state index in [1.807, 2.05) is 27.7 Å². The molecule has 0 aliphatic carbocycles. The largest absolute Gasteiger partial charge is 0.449 e. The van der Waals surface area contributed by atoms with Gasteiger partial charge in [-0.3, -0.25) is 14.9 Å². The molecule has 0 aliphatic heterocycles. The first kappa shape index (κ1) is 21.1. The van der Waals surface area contributed by atoms with E-state index in [-0.39, 0.29) is 29.4 Å². The summed E-state index contributed by atoms with van der Waals surface area (Å²) in [7, 11) is 0. The number of nitrogens with zero attached hydrogens (tertiary/aromatic N) is 2. The normalized spacial score (nSPS) is 12.1. The number of rotatable bonds is 7. The Morgan fingerprint density at radius 3 is 2.07 bits per heavy atom. The van der Waals surface area contributed by atoms with E-state index >= 15 is 0 Å². The number of amides is 1. The summed E-state index contributed by atoms with van der Waals surface area (Å²) in [5.41, 5.74) is 0.543. The molecule has 8 nitrogen and oxygen atoms in total.